The lowest BCUT2D eigenvalue weighted by Gasteiger charge is -2.12. The quantitative estimate of drug-likeness (QED) is 0.911. The highest BCUT2D eigenvalue weighted by Crippen LogP contribution is 2.25. The van der Waals surface area contributed by atoms with Crippen molar-refractivity contribution in [1.82, 2.24) is 10.3 Å². The van der Waals surface area contributed by atoms with E-state index in [9.17, 15) is 0 Å². The highest BCUT2D eigenvalue weighted by Gasteiger charge is 2.18. The van der Waals surface area contributed by atoms with Crippen molar-refractivity contribution in [2.24, 2.45) is 0 Å². The maximum atomic E-state index is 5.80. The number of benzene rings is 1. The van der Waals surface area contributed by atoms with Gasteiger partial charge in [-0.2, -0.15) is 0 Å². The minimum atomic E-state index is 0.482. The molecule has 0 bridgehead atoms. The fraction of sp³-hybridized carbons (Fsp3) is 0.312. The molecule has 104 valence electrons. The Kier molecular flexibility index (Phi) is 4.14. The van der Waals surface area contributed by atoms with Gasteiger partial charge in [-0.1, -0.05) is 42.5 Å². The first-order valence-electron chi connectivity index (χ1n) is 7.00. The first kappa shape index (κ1) is 13.3. The Morgan fingerprint density at radius 1 is 1.35 bits per heavy atom. The second kappa shape index (κ2) is 6.20. The Morgan fingerprint density at radius 3 is 3.05 bits per heavy atom. The van der Waals surface area contributed by atoms with Crippen molar-refractivity contribution in [2.75, 3.05) is 12.3 Å². The summed E-state index contributed by atoms with van der Waals surface area (Å²) in [5.74, 6) is 0. The van der Waals surface area contributed by atoms with Gasteiger partial charge in [0, 0.05) is 23.9 Å². The molecule has 4 heteroatoms. The molecule has 0 radical (unpaired) electrons. The van der Waals surface area contributed by atoms with E-state index in [0.717, 1.165) is 25.8 Å². The van der Waals surface area contributed by atoms with Gasteiger partial charge in [0.25, 0.3) is 0 Å². The molecule has 0 fully saturated rings. The van der Waals surface area contributed by atoms with E-state index in [4.69, 9.17) is 5.73 Å². The molecule has 3 nitrogen and oxygen atoms in total. The number of anilines is 1. The molecule has 0 aliphatic carbocycles. The predicted molar refractivity (Wildman–Crippen MR) is 85.8 cm³/mol. The van der Waals surface area contributed by atoms with Gasteiger partial charge in [0.1, 0.15) is 0 Å². The highest BCUT2D eigenvalue weighted by molar-refractivity contribution is 7.15. The van der Waals surface area contributed by atoms with Crippen LogP contribution in [0.15, 0.2) is 36.4 Å². The van der Waals surface area contributed by atoms with Crippen LogP contribution in [0.4, 0.5) is 5.13 Å². The lowest BCUT2D eigenvalue weighted by molar-refractivity contribution is 0.534. The topological polar surface area (TPSA) is 50.9 Å². The molecular weight excluding hydrogens is 266 g/mol. The first-order valence-corrected chi connectivity index (χ1v) is 7.82. The summed E-state index contributed by atoms with van der Waals surface area (Å²) in [5.41, 5.74) is 8.25. The summed E-state index contributed by atoms with van der Waals surface area (Å²) in [6.07, 6.45) is 7.49. The van der Waals surface area contributed by atoms with E-state index < -0.39 is 0 Å². The first-order chi connectivity index (χ1) is 9.81. The van der Waals surface area contributed by atoms with Crippen LogP contribution in [0.25, 0.3) is 6.08 Å². The molecule has 2 aromatic rings. The predicted octanol–water partition coefficient (Wildman–Crippen LogP) is 2.89. The third-order valence-electron chi connectivity index (χ3n) is 3.55. The molecule has 20 heavy (non-hydrogen) atoms. The van der Waals surface area contributed by atoms with Crippen molar-refractivity contribution in [3.8, 4) is 0 Å². The number of nitrogens with two attached hydrogens (primary N) is 1. The Hall–Kier alpha value is -1.65. The zero-order valence-electron chi connectivity index (χ0n) is 11.4. The van der Waals surface area contributed by atoms with Gasteiger partial charge in [-0.3, -0.25) is 0 Å². The molecule has 0 spiro atoms. The Bertz CT molecular complexity index is 589. The van der Waals surface area contributed by atoms with E-state index in [-0.39, 0.29) is 0 Å². The second-order valence-electron chi connectivity index (χ2n) is 5.08. The van der Waals surface area contributed by atoms with Gasteiger partial charge in [-0.15, -0.1) is 11.3 Å². The van der Waals surface area contributed by atoms with Crippen LogP contribution in [-0.4, -0.2) is 17.6 Å². The largest absolute Gasteiger partial charge is 0.375 e. The number of nitrogens with zero attached hydrogens (tertiary/aromatic N) is 1. The zero-order chi connectivity index (χ0) is 13.8. The molecule has 1 unspecified atom stereocenters. The number of thiazole rings is 1. The molecule has 2 heterocycles. The monoisotopic (exact) mass is 285 g/mol. The van der Waals surface area contributed by atoms with Crippen LogP contribution in [0.1, 0.15) is 22.6 Å². The zero-order valence-corrected chi connectivity index (χ0v) is 12.2. The number of aromatic nitrogens is 1. The molecule has 1 aliphatic rings. The highest BCUT2D eigenvalue weighted by atomic mass is 32.1. The van der Waals surface area contributed by atoms with Crippen molar-refractivity contribution in [3.63, 3.8) is 0 Å². The van der Waals surface area contributed by atoms with E-state index >= 15 is 0 Å². The lowest BCUT2D eigenvalue weighted by atomic mass is 10.1. The summed E-state index contributed by atoms with van der Waals surface area (Å²) in [7, 11) is 0. The molecular formula is C16H19N3S. The number of rotatable bonds is 3. The Morgan fingerprint density at radius 2 is 2.20 bits per heavy atom. The summed E-state index contributed by atoms with van der Waals surface area (Å²) in [4.78, 5) is 5.76. The molecule has 0 amide bonds. The maximum Gasteiger partial charge on any atom is 0.180 e. The van der Waals surface area contributed by atoms with E-state index in [1.54, 1.807) is 11.3 Å². The van der Waals surface area contributed by atoms with Gasteiger partial charge < -0.3 is 11.1 Å². The fourth-order valence-electron chi connectivity index (χ4n) is 2.55. The van der Waals surface area contributed by atoms with Crippen LogP contribution in [0.5, 0.6) is 0 Å². The van der Waals surface area contributed by atoms with Gasteiger partial charge >= 0.3 is 0 Å². The average Bonchev–Trinajstić information content (AvgIpc) is 2.69. The van der Waals surface area contributed by atoms with Crippen LogP contribution in [0.3, 0.4) is 0 Å². The van der Waals surface area contributed by atoms with Crippen molar-refractivity contribution in [1.29, 1.82) is 0 Å². The van der Waals surface area contributed by atoms with Gasteiger partial charge in [-0.25, -0.2) is 4.98 Å². The Labute approximate surface area is 123 Å². The molecule has 1 atom stereocenters. The second-order valence-corrected chi connectivity index (χ2v) is 6.19. The minimum absolute atomic E-state index is 0.482. The smallest absolute Gasteiger partial charge is 0.180 e. The molecule has 0 saturated carbocycles. The van der Waals surface area contributed by atoms with Crippen molar-refractivity contribution in [3.05, 3.63) is 52.5 Å². The number of hydrogen-bond donors (Lipinski definition) is 2. The minimum Gasteiger partial charge on any atom is -0.375 e. The van der Waals surface area contributed by atoms with Gasteiger partial charge in [-0.05, 0) is 18.4 Å². The van der Waals surface area contributed by atoms with E-state index in [0.29, 0.717) is 11.2 Å². The van der Waals surface area contributed by atoms with E-state index in [1.165, 1.54) is 16.1 Å². The van der Waals surface area contributed by atoms with Gasteiger partial charge in [0.15, 0.2) is 5.13 Å². The van der Waals surface area contributed by atoms with E-state index in [2.05, 4.69) is 46.7 Å². The fourth-order valence-corrected chi connectivity index (χ4v) is 3.51. The molecule has 1 aliphatic heterocycles. The number of hydrogen-bond acceptors (Lipinski definition) is 4. The van der Waals surface area contributed by atoms with Crippen LogP contribution in [-0.2, 0) is 12.8 Å². The summed E-state index contributed by atoms with van der Waals surface area (Å²) in [6.45, 7) is 0.986. The van der Waals surface area contributed by atoms with Crippen molar-refractivity contribution in [2.45, 2.75) is 25.3 Å². The summed E-state index contributed by atoms with van der Waals surface area (Å²) >= 11 is 1.64. The maximum absolute atomic E-state index is 5.80. The Balaban J connectivity index is 1.62. The van der Waals surface area contributed by atoms with Crippen LogP contribution < -0.4 is 11.1 Å². The van der Waals surface area contributed by atoms with Crippen LogP contribution >= 0.6 is 11.3 Å². The van der Waals surface area contributed by atoms with E-state index in [1.807, 2.05) is 6.07 Å². The molecule has 1 aromatic heterocycles. The van der Waals surface area contributed by atoms with Crippen molar-refractivity contribution >= 4 is 22.5 Å². The standard InChI is InChI=1S/C16H19N3S/c17-16-19-14-9-10-18-13(11-15(14)20-16)8-4-7-12-5-2-1-3-6-12/h1-7,13,18H,8-11H2,(H2,17,19). The summed E-state index contributed by atoms with van der Waals surface area (Å²) in [5, 5.41) is 4.30. The number of fused-ring (bicyclic) bond motifs is 1. The molecule has 3 rings (SSSR count). The van der Waals surface area contributed by atoms with Crippen molar-refractivity contribution < 1.29 is 0 Å². The van der Waals surface area contributed by atoms with Crippen LogP contribution in [0, 0.1) is 0 Å². The third kappa shape index (κ3) is 3.26. The SMILES string of the molecule is Nc1nc2c(s1)CC(CC=Cc1ccccc1)NCC2. The van der Waals surface area contributed by atoms with Crippen LogP contribution in [0.2, 0.25) is 0 Å². The van der Waals surface area contributed by atoms with Gasteiger partial charge in [0.2, 0.25) is 0 Å². The summed E-state index contributed by atoms with van der Waals surface area (Å²) < 4.78 is 0. The number of nitrogen functional groups attached to an aromatic ring is 1. The molecule has 3 N–H and O–H groups in total. The lowest BCUT2D eigenvalue weighted by Crippen LogP contribution is -2.30. The van der Waals surface area contributed by atoms with Gasteiger partial charge in [0.05, 0.1) is 5.69 Å². The summed E-state index contributed by atoms with van der Waals surface area (Å²) in [6, 6.07) is 10.9. The number of nitrogens with one attached hydrogen (secondary N) is 1. The third-order valence-corrected chi connectivity index (χ3v) is 4.50. The molecule has 1 aromatic carbocycles. The molecule has 0 saturated heterocycles. The normalized spacial score (nSPS) is 18.9. The average molecular weight is 285 g/mol.